The molecule has 0 radical (unpaired) electrons. The number of phosphoric acid groups is 1. The highest BCUT2D eigenvalue weighted by molar-refractivity contribution is 7.43. The second kappa shape index (κ2) is 8.38. The van der Waals surface area contributed by atoms with Gasteiger partial charge >= 0.3 is 0 Å². The molecule has 5 nitrogen and oxygen atoms in total. The van der Waals surface area contributed by atoms with Crippen LogP contribution in [0.2, 0.25) is 0 Å². The van der Waals surface area contributed by atoms with Gasteiger partial charge < -0.3 is 23.6 Å². The summed E-state index contributed by atoms with van der Waals surface area (Å²) >= 11 is 0. The molecule has 0 aliphatic rings. The average Bonchev–Trinajstić information content (AvgIpc) is 2.08. The Balaban J connectivity index is 3.03. The number of ether oxygens (including phenoxy) is 1. The van der Waals surface area contributed by atoms with Crippen molar-refractivity contribution in [3.63, 3.8) is 0 Å². The van der Waals surface area contributed by atoms with Crippen molar-refractivity contribution in [1.82, 2.24) is 0 Å². The summed E-state index contributed by atoms with van der Waals surface area (Å²) in [6, 6.07) is 0. The number of rotatable bonds is 9. The second-order valence-corrected chi connectivity index (χ2v) is 4.11. The predicted octanol–water partition coefficient (Wildman–Crippen LogP) is 0.429. The zero-order valence-corrected chi connectivity index (χ0v) is 9.33. The topological polar surface area (TPSA) is 81.7 Å². The second-order valence-electron chi connectivity index (χ2n) is 2.95. The summed E-state index contributed by atoms with van der Waals surface area (Å²) in [5, 5.41) is 0. The van der Waals surface area contributed by atoms with Crippen LogP contribution in [0.1, 0.15) is 32.6 Å². The molecule has 0 saturated heterocycles. The van der Waals surface area contributed by atoms with Gasteiger partial charge in [0, 0.05) is 6.61 Å². The molecule has 0 fully saturated rings. The van der Waals surface area contributed by atoms with Crippen LogP contribution in [-0.2, 0) is 13.8 Å². The molecular weight excluding hydrogens is 207 g/mol. The Hall–Kier alpha value is 0.0700. The van der Waals surface area contributed by atoms with Crippen LogP contribution in [0, 0.1) is 0 Å². The smallest absolute Gasteiger partial charge is 0.0752 e. The summed E-state index contributed by atoms with van der Waals surface area (Å²) < 4.78 is 19.0. The lowest BCUT2D eigenvalue weighted by Crippen LogP contribution is -2.18. The van der Waals surface area contributed by atoms with E-state index >= 15 is 0 Å². The number of hydrogen-bond donors (Lipinski definition) is 0. The molecule has 0 aromatic rings. The summed E-state index contributed by atoms with van der Waals surface area (Å²) in [6.45, 7) is 2.68. The van der Waals surface area contributed by atoms with E-state index in [1.165, 1.54) is 12.8 Å². The Bertz CT molecular complexity index is 167. The molecule has 0 aliphatic carbocycles. The van der Waals surface area contributed by atoms with Gasteiger partial charge in [0.1, 0.15) is 0 Å². The van der Waals surface area contributed by atoms with E-state index in [1.807, 2.05) is 0 Å². The quantitative estimate of drug-likeness (QED) is 0.419. The third kappa shape index (κ3) is 12.1. The lowest BCUT2D eigenvalue weighted by atomic mass is 10.2. The molecule has 0 unspecified atom stereocenters. The highest BCUT2D eigenvalue weighted by Crippen LogP contribution is 2.23. The Morgan fingerprint density at radius 2 is 1.79 bits per heavy atom. The molecule has 0 spiro atoms. The molecule has 6 heteroatoms. The Kier molecular flexibility index (Phi) is 8.43. The Morgan fingerprint density at radius 1 is 1.07 bits per heavy atom. The van der Waals surface area contributed by atoms with Gasteiger partial charge in [0.25, 0.3) is 0 Å². The van der Waals surface area contributed by atoms with Crippen LogP contribution >= 0.6 is 7.82 Å². The number of hydrogen-bond acceptors (Lipinski definition) is 5. The monoisotopic (exact) mass is 224 g/mol. The SMILES string of the molecule is CCCCCCOCCOP(=O)([O-])[O-]. The minimum absolute atomic E-state index is 0.153. The van der Waals surface area contributed by atoms with Crippen molar-refractivity contribution >= 4 is 7.82 Å². The molecule has 0 atom stereocenters. The first-order chi connectivity index (χ1) is 6.56. The van der Waals surface area contributed by atoms with E-state index in [0.29, 0.717) is 6.61 Å². The van der Waals surface area contributed by atoms with E-state index in [-0.39, 0.29) is 13.2 Å². The number of unbranched alkanes of at least 4 members (excludes halogenated alkanes) is 3. The standard InChI is InChI=1S/C8H19O5P/c1-2-3-4-5-6-12-7-8-13-14(9,10)11/h2-8H2,1H3,(H2,9,10,11)/p-2. The first kappa shape index (κ1) is 14.1. The lowest BCUT2D eigenvalue weighted by molar-refractivity contribution is -0.342. The van der Waals surface area contributed by atoms with Crippen molar-refractivity contribution in [2.75, 3.05) is 19.8 Å². The largest absolute Gasteiger partial charge is 0.790 e. The van der Waals surface area contributed by atoms with E-state index in [1.54, 1.807) is 0 Å². The van der Waals surface area contributed by atoms with E-state index in [0.717, 1.165) is 12.8 Å². The third-order valence-electron chi connectivity index (χ3n) is 1.62. The fourth-order valence-electron chi connectivity index (χ4n) is 0.941. The Labute approximate surface area is 84.7 Å². The summed E-state index contributed by atoms with van der Waals surface area (Å²) in [6.07, 6.45) is 4.41. The molecule has 0 amide bonds. The van der Waals surface area contributed by atoms with Gasteiger partial charge in [0.2, 0.25) is 0 Å². The molecule has 0 saturated carbocycles. The van der Waals surface area contributed by atoms with Crippen molar-refractivity contribution < 1.29 is 23.6 Å². The van der Waals surface area contributed by atoms with Crippen molar-refractivity contribution in [2.24, 2.45) is 0 Å². The van der Waals surface area contributed by atoms with Crippen molar-refractivity contribution in [2.45, 2.75) is 32.6 Å². The van der Waals surface area contributed by atoms with Gasteiger partial charge in [-0.3, -0.25) is 0 Å². The van der Waals surface area contributed by atoms with Gasteiger partial charge in [-0.25, -0.2) is 0 Å². The molecule has 0 aliphatic heterocycles. The van der Waals surface area contributed by atoms with Gasteiger partial charge in [0.15, 0.2) is 0 Å². The van der Waals surface area contributed by atoms with Crippen molar-refractivity contribution in [1.29, 1.82) is 0 Å². The number of phosphoric ester groups is 1. The predicted molar refractivity (Wildman–Crippen MR) is 48.5 cm³/mol. The maximum Gasteiger partial charge on any atom is 0.0752 e. The summed E-state index contributed by atoms with van der Waals surface area (Å²) in [5.74, 6) is 0. The summed E-state index contributed by atoms with van der Waals surface area (Å²) in [7, 11) is -4.81. The van der Waals surface area contributed by atoms with Crippen LogP contribution < -0.4 is 9.79 Å². The third-order valence-corrected chi connectivity index (χ3v) is 2.12. The maximum atomic E-state index is 10.00. The molecule has 0 aromatic carbocycles. The van der Waals surface area contributed by atoms with Crippen LogP contribution in [0.15, 0.2) is 0 Å². The molecule has 0 heterocycles. The molecule has 86 valence electrons. The van der Waals surface area contributed by atoms with Gasteiger partial charge in [-0.05, 0) is 6.42 Å². The van der Waals surface area contributed by atoms with E-state index < -0.39 is 7.82 Å². The molecular formula is C8H17O5P-2. The maximum absolute atomic E-state index is 10.00. The minimum Gasteiger partial charge on any atom is -0.790 e. The van der Waals surface area contributed by atoms with Crippen LogP contribution in [0.25, 0.3) is 0 Å². The molecule has 0 N–H and O–H groups in total. The molecule has 0 rings (SSSR count). The normalized spacial score (nSPS) is 11.9. The molecule has 0 aromatic heterocycles. The lowest BCUT2D eigenvalue weighted by Gasteiger charge is -2.28. The summed E-state index contributed by atoms with van der Waals surface area (Å²) in [4.78, 5) is 20.0. The van der Waals surface area contributed by atoms with Crippen LogP contribution in [0.3, 0.4) is 0 Å². The first-order valence-electron chi connectivity index (χ1n) is 4.80. The first-order valence-corrected chi connectivity index (χ1v) is 6.26. The Morgan fingerprint density at radius 3 is 2.36 bits per heavy atom. The minimum atomic E-state index is -4.81. The van der Waals surface area contributed by atoms with E-state index in [9.17, 15) is 14.4 Å². The van der Waals surface area contributed by atoms with Crippen molar-refractivity contribution in [3.8, 4) is 0 Å². The van der Waals surface area contributed by atoms with Gasteiger partial charge in [-0.1, -0.05) is 26.2 Å². The van der Waals surface area contributed by atoms with Crippen LogP contribution in [0.4, 0.5) is 0 Å². The molecule has 0 bridgehead atoms. The highest BCUT2D eigenvalue weighted by Gasteiger charge is 1.92. The zero-order chi connectivity index (χ0) is 10.9. The van der Waals surface area contributed by atoms with Gasteiger partial charge in [-0.15, -0.1) is 0 Å². The van der Waals surface area contributed by atoms with Gasteiger partial charge in [-0.2, -0.15) is 0 Å². The van der Waals surface area contributed by atoms with Crippen LogP contribution in [0.5, 0.6) is 0 Å². The van der Waals surface area contributed by atoms with E-state index in [4.69, 9.17) is 4.74 Å². The summed E-state index contributed by atoms with van der Waals surface area (Å²) in [5.41, 5.74) is 0. The molecule has 14 heavy (non-hydrogen) atoms. The average molecular weight is 224 g/mol. The van der Waals surface area contributed by atoms with Crippen LogP contribution in [-0.4, -0.2) is 19.8 Å². The van der Waals surface area contributed by atoms with E-state index in [2.05, 4.69) is 11.4 Å². The highest BCUT2D eigenvalue weighted by atomic mass is 31.2. The zero-order valence-electron chi connectivity index (χ0n) is 8.44. The van der Waals surface area contributed by atoms with Crippen molar-refractivity contribution in [3.05, 3.63) is 0 Å². The van der Waals surface area contributed by atoms with Gasteiger partial charge in [0.05, 0.1) is 21.0 Å². The fourth-order valence-corrected chi connectivity index (χ4v) is 1.24. The fraction of sp³-hybridized carbons (Fsp3) is 1.00.